The Morgan fingerprint density at radius 1 is 1.14 bits per heavy atom. The Bertz CT molecular complexity index is 649. The van der Waals surface area contributed by atoms with Crippen LogP contribution in [0.4, 0.5) is 0 Å². The van der Waals surface area contributed by atoms with Gasteiger partial charge in [0.05, 0.1) is 0 Å². The summed E-state index contributed by atoms with van der Waals surface area (Å²) in [7, 11) is 2.14. The zero-order valence-corrected chi connectivity index (χ0v) is 13.9. The summed E-state index contributed by atoms with van der Waals surface area (Å²) >= 11 is 12.6. The molecule has 1 aliphatic rings. The first-order valence-corrected chi connectivity index (χ1v) is 8.09. The van der Waals surface area contributed by atoms with E-state index in [1.54, 1.807) is 0 Å². The van der Waals surface area contributed by atoms with Crippen LogP contribution in [0.1, 0.15) is 35.1 Å². The fraction of sp³-hybridized carbons (Fsp3) is 0.333. The maximum Gasteiger partial charge on any atom is 0.0468 e. The lowest BCUT2D eigenvalue weighted by molar-refractivity contribution is 0.295. The largest absolute Gasteiger partial charge is 0.301 e. The number of rotatable bonds is 2. The summed E-state index contributed by atoms with van der Waals surface area (Å²) in [6.45, 7) is 4.06. The minimum atomic E-state index is 0.334. The molecule has 0 bridgehead atoms. The lowest BCUT2D eigenvalue weighted by atomic mass is 9.84. The van der Waals surface area contributed by atoms with Gasteiger partial charge in [-0.05, 0) is 47.9 Å². The molecule has 0 fully saturated rings. The van der Waals surface area contributed by atoms with Gasteiger partial charge in [-0.3, -0.25) is 0 Å². The van der Waals surface area contributed by atoms with Gasteiger partial charge in [0, 0.05) is 29.1 Å². The summed E-state index contributed by atoms with van der Waals surface area (Å²) in [5, 5.41) is 1.50. The molecule has 110 valence electrons. The average Bonchev–Trinajstić information content (AvgIpc) is 2.47. The zero-order valence-electron chi connectivity index (χ0n) is 12.4. The van der Waals surface area contributed by atoms with E-state index in [-0.39, 0.29) is 0 Å². The van der Waals surface area contributed by atoms with E-state index in [1.165, 1.54) is 22.3 Å². The van der Waals surface area contributed by atoms with Crippen LogP contribution in [0.15, 0.2) is 36.4 Å². The summed E-state index contributed by atoms with van der Waals surface area (Å²) < 4.78 is 0. The predicted molar refractivity (Wildman–Crippen MR) is 90.5 cm³/mol. The molecule has 0 N–H and O–H groups in total. The highest BCUT2D eigenvalue weighted by atomic mass is 35.5. The van der Waals surface area contributed by atoms with Crippen LogP contribution in [0.2, 0.25) is 10.0 Å². The van der Waals surface area contributed by atoms with Crippen LogP contribution in [-0.4, -0.2) is 18.5 Å². The highest BCUT2D eigenvalue weighted by molar-refractivity contribution is 6.35. The maximum absolute atomic E-state index is 6.40. The standard InChI is InChI=1S/C18H19Cl2N/c1-3-12-4-6-13(7-5-12)16-10-21(2)11-17-15(16)8-14(19)9-18(17)20/h4-9,16H,3,10-11H2,1-2H3. The number of halogens is 2. The molecule has 0 aromatic heterocycles. The van der Waals surface area contributed by atoms with E-state index in [9.17, 15) is 0 Å². The smallest absolute Gasteiger partial charge is 0.0468 e. The molecule has 1 nitrogen and oxygen atoms in total. The Morgan fingerprint density at radius 3 is 2.52 bits per heavy atom. The first kappa shape index (κ1) is 14.9. The highest BCUT2D eigenvalue weighted by Crippen LogP contribution is 2.38. The number of hydrogen-bond donors (Lipinski definition) is 0. The van der Waals surface area contributed by atoms with Crippen LogP contribution >= 0.6 is 23.2 Å². The van der Waals surface area contributed by atoms with Crippen molar-refractivity contribution in [2.75, 3.05) is 13.6 Å². The predicted octanol–water partition coefficient (Wildman–Crippen LogP) is 5.13. The fourth-order valence-corrected chi connectivity index (χ4v) is 3.69. The number of fused-ring (bicyclic) bond motifs is 1. The van der Waals surface area contributed by atoms with Gasteiger partial charge in [0.1, 0.15) is 0 Å². The highest BCUT2D eigenvalue weighted by Gasteiger charge is 2.26. The molecule has 0 aliphatic carbocycles. The van der Waals surface area contributed by atoms with Crippen molar-refractivity contribution in [2.45, 2.75) is 25.8 Å². The average molecular weight is 320 g/mol. The van der Waals surface area contributed by atoms with Gasteiger partial charge >= 0.3 is 0 Å². The van der Waals surface area contributed by atoms with Crippen molar-refractivity contribution < 1.29 is 0 Å². The molecular weight excluding hydrogens is 301 g/mol. The molecule has 0 amide bonds. The van der Waals surface area contributed by atoms with Gasteiger partial charge in [0.2, 0.25) is 0 Å². The number of nitrogens with zero attached hydrogens (tertiary/aromatic N) is 1. The van der Waals surface area contributed by atoms with Crippen molar-refractivity contribution in [1.82, 2.24) is 4.90 Å². The van der Waals surface area contributed by atoms with E-state index < -0.39 is 0 Å². The minimum absolute atomic E-state index is 0.334. The summed E-state index contributed by atoms with van der Waals surface area (Å²) in [5.74, 6) is 0.334. The second-order valence-corrected chi connectivity index (χ2v) is 6.64. The lowest BCUT2D eigenvalue weighted by Crippen LogP contribution is -2.31. The maximum atomic E-state index is 6.40. The van der Waals surface area contributed by atoms with E-state index >= 15 is 0 Å². The number of benzene rings is 2. The quantitative estimate of drug-likeness (QED) is 0.741. The van der Waals surface area contributed by atoms with Crippen LogP contribution in [0, 0.1) is 0 Å². The summed E-state index contributed by atoms with van der Waals surface area (Å²) in [5.41, 5.74) is 5.18. The van der Waals surface area contributed by atoms with Crippen LogP contribution in [-0.2, 0) is 13.0 Å². The van der Waals surface area contributed by atoms with Crippen molar-refractivity contribution in [3.63, 3.8) is 0 Å². The molecule has 0 saturated carbocycles. The van der Waals surface area contributed by atoms with E-state index in [2.05, 4.69) is 49.2 Å². The Morgan fingerprint density at radius 2 is 1.86 bits per heavy atom. The van der Waals surface area contributed by atoms with Crippen LogP contribution in [0.25, 0.3) is 0 Å². The number of aryl methyl sites for hydroxylation is 1. The monoisotopic (exact) mass is 319 g/mol. The van der Waals surface area contributed by atoms with Crippen molar-refractivity contribution >= 4 is 23.2 Å². The van der Waals surface area contributed by atoms with Gasteiger partial charge in [0.15, 0.2) is 0 Å². The molecule has 1 aliphatic heterocycles. The molecule has 0 spiro atoms. The topological polar surface area (TPSA) is 3.24 Å². The molecule has 0 radical (unpaired) electrons. The second kappa shape index (κ2) is 6.00. The van der Waals surface area contributed by atoms with Gasteiger partial charge in [-0.1, -0.05) is 54.4 Å². The van der Waals surface area contributed by atoms with Gasteiger partial charge in [-0.2, -0.15) is 0 Å². The second-order valence-electron chi connectivity index (χ2n) is 5.80. The normalized spacial score (nSPS) is 18.6. The number of hydrogen-bond acceptors (Lipinski definition) is 1. The van der Waals surface area contributed by atoms with Gasteiger partial charge in [-0.15, -0.1) is 0 Å². The van der Waals surface area contributed by atoms with Crippen LogP contribution < -0.4 is 0 Å². The third kappa shape index (κ3) is 2.96. The molecule has 1 heterocycles. The van der Waals surface area contributed by atoms with E-state index in [4.69, 9.17) is 23.2 Å². The molecule has 21 heavy (non-hydrogen) atoms. The summed E-state index contributed by atoms with van der Waals surface area (Å²) in [6.07, 6.45) is 1.07. The zero-order chi connectivity index (χ0) is 15.0. The van der Waals surface area contributed by atoms with Crippen molar-refractivity contribution in [3.8, 4) is 0 Å². The fourth-order valence-electron chi connectivity index (χ4n) is 3.12. The summed E-state index contributed by atoms with van der Waals surface area (Å²) in [4.78, 5) is 2.32. The van der Waals surface area contributed by atoms with E-state index in [0.717, 1.165) is 29.6 Å². The van der Waals surface area contributed by atoms with Crippen LogP contribution in [0.3, 0.4) is 0 Å². The molecule has 1 atom stereocenters. The molecule has 0 saturated heterocycles. The van der Waals surface area contributed by atoms with E-state index in [1.807, 2.05) is 6.07 Å². The minimum Gasteiger partial charge on any atom is -0.301 e. The van der Waals surface area contributed by atoms with Crippen LogP contribution in [0.5, 0.6) is 0 Å². The molecule has 2 aromatic rings. The summed E-state index contributed by atoms with van der Waals surface area (Å²) in [6, 6.07) is 12.8. The van der Waals surface area contributed by atoms with Crippen molar-refractivity contribution in [2.24, 2.45) is 0 Å². The molecule has 3 heteroatoms. The first-order chi connectivity index (χ1) is 10.1. The molecule has 2 aromatic carbocycles. The molecular formula is C18H19Cl2N. The Hall–Kier alpha value is -1.02. The Labute approximate surface area is 136 Å². The molecule has 1 unspecified atom stereocenters. The Kier molecular flexibility index (Phi) is 4.26. The van der Waals surface area contributed by atoms with Crippen molar-refractivity contribution in [3.05, 3.63) is 68.7 Å². The molecule has 3 rings (SSSR count). The van der Waals surface area contributed by atoms with E-state index in [0.29, 0.717) is 5.92 Å². The Balaban J connectivity index is 2.07. The van der Waals surface area contributed by atoms with Gasteiger partial charge in [0.25, 0.3) is 0 Å². The lowest BCUT2D eigenvalue weighted by Gasteiger charge is -2.33. The SMILES string of the molecule is CCc1ccc(C2CN(C)Cc3c(Cl)cc(Cl)cc32)cc1. The van der Waals surface area contributed by atoms with Gasteiger partial charge < -0.3 is 4.90 Å². The first-order valence-electron chi connectivity index (χ1n) is 7.33. The number of likely N-dealkylation sites (N-methyl/N-ethyl adjacent to an activating group) is 1. The third-order valence-electron chi connectivity index (χ3n) is 4.28. The van der Waals surface area contributed by atoms with Gasteiger partial charge in [-0.25, -0.2) is 0 Å². The van der Waals surface area contributed by atoms with Crippen molar-refractivity contribution in [1.29, 1.82) is 0 Å². The third-order valence-corrected chi connectivity index (χ3v) is 4.84.